The molecule has 2 aromatic rings. The average molecular weight is 339 g/mol. The van der Waals surface area contributed by atoms with Crippen molar-refractivity contribution in [3.05, 3.63) is 41.6 Å². The number of piperidine rings is 3. The fourth-order valence-electron chi connectivity index (χ4n) is 4.76. The fourth-order valence-corrected chi connectivity index (χ4v) is 4.76. The van der Waals surface area contributed by atoms with Crippen LogP contribution in [0, 0.1) is 19.3 Å². The molecule has 5 rings (SSSR count). The van der Waals surface area contributed by atoms with Crippen molar-refractivity contribution in [2.45, 2.75) is 59.8 Å². The Morgan fingerprint density at radius 1 is 1.12 bits per heavy atom. The second kappa shape index (κ2) is 7.37. The maximum Gasteiger partial charge on any atom is 0.0465 e. The van der Waals surface area contributed by atoms with E-state index in [1.165, 1.54) is 78.5 Å². The van der Waals surface area contributed by atoms with Gasteiger partial charge in [0.15, 0.2) is 0 Å². The largest absolute Gasteiger partial charge is 0.361 e. The summed E-state index contributed by atoms with van der Waals surface area (Å²) in [7, 11) is 0. The highest BCUT2D eigenvalue weighted by atomic mass is 15.1. The Labute approximate surface area is 153 Å². The van der Waals surface area contributed by atoms with Gasteiger partial charge in [0.05, 0.1) is 0 Å². The zero-order valence-electron chi connectivity index (χ0n) is 16.5. The first kappa shape index (κ1) is 18.3. The molecule has 0 saturated carbocycles. The normalized spacial score (nSPS) is 24.9. The molecule has 3 saturated heterocycles. The van der Waals surface area contributed by atoms with Gasteiger partial charge < -0.3 is 9.88 Å². The van der Waals surface area contributed by atoms with Crippen LogP contribution in [0.25, 0.3) is 16.5 Å². The van der Waals surface area contributed by atoms with E-state index in [2.05, 4.69) is 48.6 Å². The van der Waals surface area contributed by atoms with Crippen LogP contribution in [-0.2, 0) is 0 Å². The molecule has 0 spiro atoms. The van der Waals surface area contributed by atoms with Crippen LogP contribution in [0.1, 0.15) is 62.6 Å². The number of benzene rings is 1. The Morgan fingerprint density at radius 3 is 2.40 bits per heavy atom. The Balaban J connectivity index is 0.000000880. The molecule has 2 nitrogen and oxygen atoms in total. The van der Waals surface area contributed by atoms with E-state index in [1.54, 1.807) is 0 Å². The topological polar surface area (TPSA) is 19.0 Å². The third-order valence-corrected chi connectivity index (χ3v) is 6.33. The highest BCUT2D eigenvalue weighted by Crippen LogP contribution is 2.45. The van der Waals surface area contributed by atoms with Gasteiger partial charge in [-0.2, -0.15) is 0 Å². The summed E-state index contributed by atoms with van der Waals surface area (Å²) in [5, 5.41) is 1.37. The molecular weight excluding hydrogens is 304 g/mol. The Kier molecular flexibility index (Phi) is 5.38. The van der Waals surface area contributed by atoms with E-state index in [0.717, 1.165) is 6.42 Å². The molecule has 4 heterocycles. The van der Waals surface area contributed by atoms with Crippen LogP contribution in [0.15, 0.2) is 24.9 Å². The van der Waals surface area contributed by atoms with Crippen LogP contribution in [0.5, 0.6) is 0 Å². The molecule has 1 aromatic carbocycles. The van der Waals surface area contributed by atoms with Crippen LogP contribution in [0.3, 0.4) is 0 Å². The summed E-state index contributed by atoms with van der Waals surface area (Å²) in [5.74, 6) is 0. The molecule has 1 aromatic heterocycles. The molecular formula is C23H34N2. The van der Waals surface area contributed by atoms with Gasteiger partial charge >= 0.3 is 0 Å². The van der Waals surface area contributed by atoms with Crippen LogP contribution in [-0.4, -0.2) is 29.5 Å². The summed E-state index contributed by atoms with van der Waals surface area (Å²) in [5.41, 5.74) is 7.19. The average Bonchev–Trinajstić information content (AvgIpc) is 3.07. The van der Waals surface area contributed by atoms with E-state index in [0.29, 0.717) is 5.41 Å². The maximum absolute atomic E-state index is 4.44. The molecule has 25 heavy (non-hydrogen) atoms. The first-order valence-corrected chi connectivity index (χ1v) is 10.1. The number of aromatic nitrogens is 1. The molecule has 3 aliphatic heterocycles. The van der Waals surface area contributed by atoms with Crippen LogP contribution in [0.2, 0.25) is 0 Å². The van der Waals surface area contributed by atoms with E-state index in [-0.39, 0.29) is 0 Å². The van der Waals surface area contributed by atoms with E-state index in [4.69, 9.17) is 0 Å². The SMILES string of the molecule is C=C(CCC12CCN(CC1)CC2)c1c[nH]c2cc(C)cc(C)c12.CC. The van der Waals surface area contributed by atoms with Gasteiger partial charge in [-0.1, -0.05) is 26.5 Å². The molecule has 0 amide bonds. The first-order valence-electron chi connectivity index (χ1n) is 10.1. The summed E-state index contributed by atoms with van der Waals surface area (Å²) in [6.45, 7) is 16.8. The molecule has 136 valence electrons. The fraction of sp³-hybridized carbons (Fsp3) is 0.565. The lowest BCUT2D eigenvalue weighted by Crippen LogP contribution is -2.48. The summed E-state index contributed by atoms with van der Waals surface area (Å²) in [4.78, 5) is 6.08. The number of nitrogens with zero attached hydrogens (tertiary/aromatic N) is 1. The van der Waals surface area contributed by atoms with Gasteiger partial charge in [0.25, 0.3) is 0 Å². The quantitative estimate of drug-likeness (QED) is 0.714. The molecule has 3 aliphatic rings. The molecule has 0 radical (unpaired) electrons. The van der Waals surface area contributed by atoms with Crippen LogP contribution < -0.4 is 0 Å². The summed E-state index contributed by atoms with van der Waals surface area (Å²) in [6.07, 6.45) is 8.81. The standard InChI is InChI=1S/C21H28N2.C2H6/c1-15-12-17(3)20-18(14-22-19(20)13-15)16(2)4-5-21-6-9-23(10-7-21)11-8-21;1-2/h12-14,22H,2,4-11H2,1,3H3;1-2H3. The predicted molar refractivity (Wildman–Crippen MR) is 110 cm³/mol. The van der Waals surface area contributed by atoms with Gasteiger partial charge in [-0.3, -0.25) is 0 Å². The van der Waals surface area contributed by atoms with Crippen molar-refractivity contribution in [1.29, 1.82) is 0 Å². The number of rotatable bonds is 4. The zero-order valence-corrected chi connectivity index (χ0v) is 16.5. The number of aryl methyl sites for hydroxylation is 2. The maximum atomic E-state index is 4.44. The third kappa shape index (κ3) is 3.55. The minimum atomic E-state index is 0.607. The minimum absolute atomic E-state index is 0.607. The monoisotopic (exact) mass is 338 g/mol. The Hall–Kier alpha value is -1.54. The van der Waals surface area contributed by atoms with Crippen LogP contribution in [0.4, 0.5) is 0 Å². The number of allylic oxidation sites excluding steroid dienone is 1. The number of fused-ring (bicyclic) bond motifs is 4. The summed E-state index contributed by atoms with van der Waals surface area (Å²) >= 11 is 0. The van der Waals surface area contributed by atoms with Crippen molar-refractivity contribution >= 4 is 16.5 Å². The first-order chi connectivity index (χ1) is 12.1. The number of nitrogens with one attached hydrogen (secondary N) is 1. The highest BCUT2D eigenvalue weighted by Gasteiger charge is 2.38. The molecule has 3 fully saturated rings. The van der Waals surface area contributed by atoms with Crippen molar-refractivity contribution in [3.8, 4) is 0 Å². The van der Waals surface area contributed by atoms with E-state index in [9.17, 15) is 0 Å². The van der Waals surface area contributed by atoms with Crippen LogP contribution >= 0.6 is 0 Å². The summed E-state index contributed by atoms with van der Waals surface area (Å²) in [6, 6.07) is 4.52. The Morgan fingerprint density at radius 2 is 1.76 bits per heavy atom. The smallest absolute Gasteiger partial charge is 0.0465 e. The lowest BCUT2D eigenvalue weighted by molar-refractivity contribution is 0.0211. The van der Waals surface area contributed by atoms with Crippen molar-refractivity contribution in [3.63, 3.8) is 0 Å². The van der Waals surface area contributed by atoms with Crippen molar-refractivity contribution in [1.82, 2.24) is 9.88 Å². The summed E-state index contributed by atoms with van der Waals surface area (Å²) < 4.78 is 0. The predicted octanol–water partition coefficient (Wildman–Crippen LogP) is 6.09. The zero-order chi connectivity index (χ0) is 18.0. The number of hydrogen-bond acceptors (Lipinski definition) is 1. The van der Waals surface area contributed by atoms with Gasteiger partial charge in [-0.25, -0.2) is 0 Å². The minimum Gasteiger partial charge on any atom is -0.361 e. The molecule has 0 atom stereocenters. The van der Waals surface area contributed by atoms with E-state index < -0.39 is 0 Å². The highest BCUT2D eigenvalue weighted by molar-refractivity contribution is 5.94. The van der Waals surface area contributed by atoms with Crippen molar-refractivity contribution in [2.24, 2.45) is 5.41 Å². The number of aromatic amines is 1. The molecule has 2 bridgehead atoms. The van der Waals surface area contributed by atoms with Gasteiger partial charge in [-0.15, -0.1) is 0 Å². The molecule has 0 unspecified atom stereocenters. The van der Waals surface area contributed by atoms with Crippen molar-refractivity contribution in [2.75, 3.05) is 19.6 Å². The lowest BCUT2D eigenvalue weighted by atomic mass is 9.68. The molecule has 1 N–H and O–H groups in total. The third-order valence-electron chi connectivity index (χ3n) is 6.33. The number of hydrogen-bond donors (Lipinski definition) is 1. The number of H-pyrrole nitrogens is 1. The van der Waals surface area contributed by atoms with Gasteiger partial charge in [0.2, 0.25) is 0 Å². The van der Waals surface area contributed by atoms with E-state index in [1.807, 2.05) is 13.8 Å². The van der Waals surface area contributed by atoms with E-state index >= 15 is 0 Å². The van der Waals surface area contributed by atoms with Gasteiger partial charge in [-0.05, 0) is 93.8 Å². The molecule has 2 heteroatoms. The lowest BCUT2D eigenvalue weighted by Gasteiger charge is -2.48. The van der Waals surface area contributed by atoms with Gasteiger partial charge in [0.1, 0.15) is 0 Å². The second-order valence-corrected chi connectivity index (χ2v) is 7.90. The van der Waals surface area contributed by atoms with Crippen molar-refractivity contribution < 1.29 is 0 Å². The van der Waals surface area contributed by atoms with Gasteiger partial charge in [0, 0.05) is 22.7 Å². The molecule has 0 aliphatic carbocycles. The Bertz CT molecular complexity index is 731. The second-order valence-electron chi connectivity index (χ2n) is 7.90.